The van der Waals surface area contributed by atoms with Crippen molar-refractivity contribution in [2.75, 3.05) is 13.2 Å². The van der Waals surface area contributed by atoms with Crippen molar-refractivity contribution >= 4 is 0 Å². The summed E-state index contributed by atoms with van der Waals surface area (Å²) in [5.74, 6) is 0. The van der Waals surface area contributed by atoms with Crippen molar-refractivity contribution in [1.82, 2.24) is 0 Å². The van der Waals surface area contributed by atoms with Crippen molar-refractivity contribution in [3.63, 3.8) is 0 Å². The van der Waals surface area contributed by atoms with Gasteiger partial charge in [-0.05, 0) is 24.0 Å². The summed E-state index contributed by atoms with van der Waals surface area (Å²) in [6.45, 7) is 0.421. The zero-order valence-corrected chi connectivity index (χ0v) is 10.8. The summed E-state index contributed by atoms with van der Waals surface area (Å²) in [6.07, 6.45) is 5.21. The summed E-state index contributed by atoms with van der Waals surface area (Å²) in [7, 11) is 0. The van der Waals surface area contributed by atoms with E-state index in [-0.39, 0.29) is 12.0 Å². The van der Waals surface area contributed by atoms with Crippen LogP contribution in [-0.4, -0.2) is 23.4 Å². The summed E-state index contributed by atoms with van der Waals surface area (Å²) in [5, 5.41) is 18.8. The Morgan fingerprint density at radius 3 is 2.56 bits per heavy atom. The molecule has 0 saturated heterocycles. The minimum Gasteiger partial charge on any atom is -0.393 e. The van der Waals surface area contributed by atoms with Crippen LogP contribution in [-0.2, 0) is 5.41 Å². The minimum absolute atomic E-state index is 0.0729. The average Bonchev–Trinajstić information content (AvgIpc) is 2.47. The normalized spacial score (nSPS) is 20.6. The number of aliphatic hydroxyl groups is 2. The highest BCUT2D eigenvalue weighted by Crippen LogP contribution is 2.39. The molecule has 0 heterocycles. The lowest BCUT2D eigenvalue weighted by atomic mass is 9.69. The zero-order valence-electron chi connectivity index (χ0n) is 10.8. The van der Waals surface area contributed by atoms with E-state index in [1.807, 2.05) is 18.2 Å². The van der Waals surface area contributed by atoms with Gasteiger partial charge in [0.2, 0.25) is 0 Å². The monoisotopic (exact) mass is 249 g/mol. The molecule has 3 nitrogen and oxygen atoms in total. The van der Waals surface area contributed by atoms with Crippen molar-refractivity contribution in [3.05, 3.63) is 35.4 Å². The Morgan fingerprint density at radius 1 is 1.22 bits per heavy atom. The van der Waals surface area contributed by atoms with Gasteiger partial charge in [-0.25, -0.2) is 0 Å². The van der Waals surface area contributed by atoms with Crippen LogP contribution >= 0.6 is 0 Å². The van der Waals surface area contributed by atoms with Gasteiger partial charge >= 0.3 is 0 Å². The molecule has 4 N–H and O–H groups in total. The Morgan fingerprint density at radius 2 is 1.94 bits per heavy atom. The van der Waals surface area contributed by atoms with Crippen LogP contribution in [0.5, 0.6) is 0 Å². The maximum Gasteiger partial charge on any atom is 0.102 e. The Kier molecular flexibility index (Phi) is 4.38. The minimum atomic E-state index is -0.789. The van der Waals surface area contributed by atoms with Gasteiger partial charge in [-0.1, -0.05) is 43.5 Å². The van der Waals surface area contributed by atoms with Crippen LogP contribution in [0.4, 0.5) is 0 Å². The van der Waals surface area contributed by atoms with Gasteiger partial charge in [0.25, 0.3) is 0 Å². The molecule has 0 aliphatic heterocycles. The summed E-state index contributed by atoms with van der Waals surface area (Å²) < 4.78 is 0. The first-order valence-electron chi connectivity index (χ1n) is 6.81. The lowest BCUT2D eigenvalue weighted by Crippen LogP contribution is -2.37. The fourth-order valence-electron chi connectivity index (χ4n) is 3.02. The Balaban J connectivity index is 2.30. The molecular weight excluding hydrogens is 226 g/mol. The number of hydrogen-bond acceptors (Lipinski definition) is 3. The van der Waals surface area contributed by atoms with E-state index < -0.39 is 6.10 Å². The third-order valence-electron chi connectivity index (χ3n) is 4.26. The number of nitrogens with two attached hydrogens (primary N) is 1. The van der Waals surface area contributed by atoms with Crippen LogP contribution in [0.2, 0.25) is 0 Å². The standard InChI is InChI=1S/C15H23NO2/c16-11-15(7-2-1-3-8-15)13-6-4-5-12(9-13)14(18)10-17/h4-6,9,14,17-18H,1-3,7-8,10-11,16H2. The second-order valence-electron chi connectivity index (χ2n) is 5.37. The molecule has 18 heavy (non-hydrogen) atoms. The summed E-state index contributed by atoms with van der Waals surface area (Å²) in [6, 6.07) is 7.93. The molecule has 0 bridgehead atoms. The topological polar surface area (TPSA) is 66.5 Å². The summed E-state index contributed by atoms with van der Waals surface area (Å²) in [5.41, 5.74) is 8.09. The average molecular weight is 249 g/mol. The number of hydrogen-bond donors (Lipinski definition) is 3. The second-order valence-corrected chi connectivity index (χ2v) is 5.37. The van der Waals surface area contributed by atoms with E-state index in [1.165, 1.54) is 24.8 Å². The highest BCUT2D eigenvalue weighted by Gasteiger charge is 2.32. The number of benzene rings is 1. The predicted molar refractivity (Wildman–Crippen MR) is 72.3 cm³/mol. The smallest absolute Gasteiger partial charge is 0.102 e. The molecule has 1 aromatic rings. The van der Waals surface area contributed by atoms with Crippen molar-refractivity contribution in [2.24, 2.45) is 5.73 Å². The number of aliphatic hydroxyl groups excluding tert-OH is 2. The highest BCUT2D eigenvalue weighted by atomic mass is 16.3. The molecule has 1 fully saturated rings. The maximum absolute atomic E-state index is 9.73. The van der Waals surface area contributed by atoms with E-state index in [2.05, 4.69) is 6.07 Å². The van der Waals surface area contributed by atoms with Crippen LogP contribution < -0.4 is 5.73 Å². The molecule has 1 aliphatic carbocycles. The van der Waals surface area contributed by atoms with Crippen LogP contribution in [0.25, 0.3) is 0 Å². The molecule has 0 aromatic heterocycles. The molecule has 1 unspecified atom stereocenters. The van der Waals surface area contributed by atoms with Gasteiger partial charge in [-0.15, -0.1) is 0 Å². The van der Waals surface area contributed by atoms with E-state index in [0.717, 1.165) is 18.4 Å². The molecular formula is C15H23NO2. The van der Waals surface area contributed by atoms with Gasteiger partial charge in [0.15, 0.2) is 0 Å². The van der Waals surface area contributed by atoms with Crippen molar-refractivity contribution in [1.29, 1.82) is 0 Å². The van der Waals surface area contributed by atoms with Gasteiger partial charge in [-0.3, -0.25) is 0 Å². The highest BCUT2D eigenvalue weighted by molar-refractivity contribution is 5.32. The van der Waals surface area contributed by atoms with Crippen LogP contribution in [0.15, 0.2) is 24.3 Å². The largest absolute Gasteiger partial charge is 0.393 e. The van der Waals surface area contributed by atoms with Gasteiger partial charge in [-0.2, -0.15) is 0 Å². The molecule has 1 aliphatic rings. The molecule has 1 saturated carbocycles. The summed E-state index contributed by atoms with van der Waals surface area (Å²) >= 11 is 0. The van der Waals surface area contributed by atoms with E-state index in [4.69, 9.17) is 10.8 Å². The third-order valence-corrected chi connectivity index (χ3v) is 4.26. The van der Waals surface area contributed by atoms with E-state index in [1.54, 1.807) is 0 Å². The molecule has 3 heteroatoms. The van der Waals surface area contributed by atoms with Crippen LogP contribution in [0.1, 0.15) is 49.3 Å². The summed E-state index contributed by atoms with van der Waals surface area (Å²) in [4.78, 5) is 0. The molecule has 0 spiro atoms. The SMILES string of the molecule is NCC1(c2cccc(C(O)CO)c2)CCCCC1. The van der Waals surface area contributed by atoms with Crippen LogP contribution in [0, 0.1) is 0 Å². The Hall–Kier alpha value is -0.900. The van der Waals surface area contributed by atoms with Gasteiger partial charge in [0.05, 0.1) is 6.61 Å². The lowest BCUT2D eigenvalue weighted by molar-refractivity contribution is 0.0954. The van der Waals surface area contributed by atoms with Crippen molar-refractivity contribution in [2.45, 2.75) is 43.6 Å². The molecule has 100 valence electrons. The molecule has 0 amide bonds. The van der Waals surface area contributed by atoms with E-state index in [0.29, 0.717) is 6.54 Å². The van der Waals surface area contributed by atoms with E-state index >= 15 is 0 Å². The fraction of sp³-hybridized carbons (Fsp3) is 0.600. The molecule has 2 rings (SSSR count). The fourth-order valence-corrected chi connectivity index (χ4v) is 3.02. The first kappa shape index (κ1) is 13.5. The lowest BCUT2D eigenvalue weighted by Gasteiger charge is -2.37. The van der Waals surface area contributed by atoms with Crippen molar-refractivity contribution < 1.29 is 10.2 Å². The maximum atomic E-state index is 9.73. The molecule has 1 aromatic carbocycles. The quantitative estimate of drug-likeness (QED) is 0.763. The van der Waals surface area contributed by atoms with Gasteiger partial charge in [0, 0.05) is 12.0 Å². The zero-order chi connectivity index (χ0) is 13.0. The van der Waals surface area contributed by atoms with Crippen LogP contribution in [0.3, 0.4) is 0 Å². The molecule has 1 atom stereocenters. The third kappa shape index (κ3) is 2.58. The van der Waals surface area contributed by atoms with Gasteiger partial charge in [0.1, 0.15) is 6.10 Å². The predicted octanol–water partition coefficient (Wildman–Crippen LogP) is 1.87. The number of rotatable bonds is 4. The van der Waals surface area contributed by atoms with Crippen molar-refractivity contribution in [3.8, 4) is 0 Å². The van der Waals surface area contributed by atoms with Gasteiger partial charge < -0.3 is 15.9 Å². The Labute approximate surface area is 109 Å². The first-order valence-corrected chi connectivity index (χ1v) is 6.81. The van der Waals surface area contributed by atoms with E-state index in [9.17, 15) is 5.11 Å². The first-order chi connectivity index (χ1) is 8.72. The second kappa shape index (κ2) is 5.83. The Bertz CT molecular complexity index is 386. The molecule has 0 radical (unpaired) electrons.